The molecule has 1 N–H and O–H groups in total. The number of aromatic nitrogens is 1. The van der Waals surface area contributed by atoms with Crippen molar-refractivity contribution < 1.29 is 4.79 Å². The first-order chi connectivity index (χ1) is 11.7. The van der Waals surface area contributed by atoms with Gasteiger partial charge in [0.25, 0.3) is 5.91 Å². The van der Waals surface area contributed by atoms with E-state index in [2.05, 4.69) is 33.2 Å². The number of thioether (sulfide) groups is 1. The number of fused-ring (bicyclic) bond motifs is 1. The summed E-state index contributed by atoms with van der Waals surface area (Å²) in [6, 6.07) is 13.3. The summed E-state index contributed by atoms with van der Waals surface area (Å²) in [7, 11) is 0. The van der Waals surface area contributed by atoms with E-state index in [1.54, 1.807) is 29.2 Å². The van der Waals surface area contributed by atoms with Crippen LogP contribution in [-0.2, 0) is 0 Å². The number of benzene rings is 2. The van der Waals surface area contributed by atoms with Crippen LogP contribution in [0.25, 0.3) is 10.2 Å². The second-order valence-electron chi connectivity index (χ2n) is 5.30. The Balaban J connectivity index is 1.75. The number of thiazole rings is 1. The molecule has 3 aromatic rings. The van der Waals surface area contributed by atoms with E-state index in [1.165, 1.54) is 12.8 Å². The molecule has 0 aliphatic heterocycles. The smallest absolute Gasteiger partial charge is 0.256 e. The third-order valence-electron chi connectivity index (χ3n) is 3.47. The number of amides is 1. The molecule has 124 valence electrons. The van der Waals surface area contributed by atoms with Crippen LogP contribution in [0, 0.1) is 0 Å². The van der Waals surface area contributed by atoms with Crippen LogP contribution in [0.1, 0.15) is 30.1 Å². The summed E-state index contributed by atoms with van der Waals surface area (Å²) in [5.41, 5.74) is 2.40. The number of hydrogen-bond acceptors (Lipinski definition) is 4. The maximum atomic E-state index is 12.4. The Labute approximate surface area is 158 Å². The summed E-state index contributed by atoms with van der Waals surface area (Å²) < 4.78 is 2.97. The molecule has 0 spiro atoms. The molecule has 0 saturated heterocycles. The SMILES string of the molecule is CCCCSc1nc2ccc(NC(=O)c3ccccc3Br)cc2s1. The summed E-state index contributed by atoms with van der Waals surface area (Å²) in [6.45, 7) is 2.19. The molecular weight excluding hydrogens is 404 g/mol. The van der Waals surface area contributed by atoms with Gasteiger partial charge in [-0.25, -0.2) is 4.98 Å². The molecule has 0 atom stereocenters. The van der Waals surface area contributed by atoms with Crippen LogP contribution >= 0.6 is 39.0 Å². The number of unbranched alkanes of at least 4 members (excludes halogenated alkanes) is 1. The third kappa shape index (κ3) is 4.18. The number of nitrogens with zero attached hydrogens (tertiary/aromatic N) is 1. The van der Waals surface area contributed by atoms with Gasteiger partial charge in [0, 0.05) is 15.9 Å². The topological polar surface area (TPSA) is 42.0 Å². The summed E-state index contributed by atoms with van der Waals surface area (Å²) in [4.78, 5) is 17.0. The molecule has 1 amide bonds. The number of nitrogens with one attached hydrogen (secondary N) is 1. The van der Waals surface area contributed by atoms with E-state index in [0.29, 0.717) is 5.56 Å². The van der Waals surface area contributed by atoms with E-state index in [-0.39, 0.29) is 5.91 Å². The summed E-state index contributed by atoms with van der Waals surface area (Å²) in [5, 5.41) is 2.96. The van der Waals surface area contributed by atoms with E-state index in [1.807, 2.05) is 36.4 Å². The van der Waals surface area contributed by atoms with Gasteiger partial charge < -0.3 is 5.32 Å². The van der Waals surface area contributed by atoms with Gasteiger partial charge in [-0.3, -0.25) is 4.79 Å². The van der Waals surface area contributed by atoms with Gasteiger partial charge in [-0.1, -0.05) is 37.2 Å². The first-order valence-corrected chi connectivity index (χ1v) is 10.4. The molecule has 24 heavy (non-hydrogen) atoms. The van der Waals surface area contributed by atoms with Crippen LogP contribution in [0.5, 0.6) is 0 Å². The number of hydrogen-bond donors (Lipinski definition) is 1. The fraction of sp³-hybridized carbons (Fsp3) is 0.222. The van der Waals surface area contributed by atoms with Crippen molar-refractivity contribution in [2.24, 2.45) is 0 Å². The molecule has 0 aliphatic carbocycles. The fourth-order valence-corrected chi connectivity index (χ4v) is 4.92. The molecule has 0 bridgehead atoms. The minimum atomic E-state index is -0.121. The van der Waals surface area contributed by atoms with Crippen molar-refractivity contribution in [3.8, 4) is 0 Å². The Morgan fingerprint density at radius 3 is 2.92 bits per heavy atom. The predicted molar refractivity (Wildman–Crippen MR) is 107 cm³/mol. The number of carbonyl (C=O) groups excluding carboxylic acids is 1. The quantitative estimate of drug-likeness (QED) is 0.380. The zero-order valence-corrected chi connectivity index (χ0v) is 16.4. The average Bonchev–Trinajstić information content (AvgIpc) is 2.97. The molecule has 6 heteroatoms. The van der Waals surface area contributed by atoms with Gasteiger partial charge >= 0.3 is 0 Å². The van der Waals surface area contributed by atoms with Crippen molar-refractivity contribution in [3.63, 3.8) is 0 Å². The van der Waals surface area contributed by atoms with E-state index >= 15 is 0 Å². The van der Waals surface area contributed by atoms with E-state index in [4.69, 9.17) is 0 Å². The zero-order chi connectivity index (χ0) is 16.9. The molecule has 2 aromatic carbocycles. The Morgan fingerprint density at radius 1 is 1.29 bits per heavy atom. The molecule has 1 aromatic heterocycles. The van der Waals surface area contributed by atoms with E-state index in [0.717, 1.165) is 30.5 Å². The predicted octanol–water partition coefficient (Wildman–Crippen LogP) is 6.20. The van der Waals surface area contributed by atoms with Gasteiger partial charge in [0.05, 0.1) is 15.8 Å². The molecule has 0 fully saturated rings. The van der Waals surface area contributed by atoms with Crippen LogP contribution in [-0.4, -0.2) is 16.6 Å². The molecule has 3 rings (SSSR count). The third-order valence-corrected chi connectivity index (χ3v) is 6.41. The van der Waals surface area contributed by atoms with Gasteiger partial charge in [-0.2, -0.15) is 0 Å². The standard InChI is InChI=1S/C18H17BrN2OS2/c1-2-3-10-23-18-21-15-9-8-12(11-16(15)24-18)20-17(22)13-6-4-5-7-14(13)19/h4-9,11H,2-3,10H2,1H3,(H,20,22). The molecular formula is C18H17BrN2OS2. The van der Waals surface area contributed by atoms with Crippen molar-refractivity contribution in [1.29, 1.82) is 0 Å². The largest absolute Gasteiger partial charge is 0.322 e. The normalized spacial score (nSPS) is 10.9. The summed E-state index contributed by atoms with van der Waals surface area (Å²) in [6.07, 6.45) is 2.40. The Kier molecular flexibility index (Phi) is 5.92. The van der Waals surface area contributed by atoms with Crippen molar-refractivity contribution in [1.82, 2.24) is 4.98 Å². The molecule has 1 heterocycles. The van der Waals surface area contributed by atoms with Crippen molar-refractivity contribution in [2.45, 2.75) is 24.1 Å². The van der Waals surface area contributed by atoms with Gasteiger partial charge in [-0.15, -0.1) is 11.3 Å². The maximum Gasteiger partial charge on any atom is 0.256 e. The minimum absolute atomic E-state index is 0.121. The lowest BCUT2D eigenvalue weighted by molar-refractivity contribution is 0.102. The maximum absolute atomic E-state index is 12.4. The highest BCUT2D eigenvalue weighted by atomic mass is 79.9. The van der Waals surface area contributed by atoms with E-state index in [9.17, 15) is 4.79 Å². The lowest BCUT2D eigenvalue weighted by atomic mass is 10.2. The van der Waals surface area contributed by atoms with Crippen LogP contribution in [0.2, 0.25) is 0 Å². The second-order valence-corrected chi connectivity index (χ2v) is 8.53. The highest BCUT2D eigenvalue weighted by Crippen LogP contribution is 2.32. The fourth-order valence-electron chi connectivity index (χ4n) is 2.19. The minimum Gasteiger partial charge on any atom is -0.322 e. The average molecular weight is 421 g/mol. The number of halogens is 1. The van der Waals surface area contributed by atoms with Crippen molar-refractivity contribution in [2.75, 3.05) is 11.1 Å². The zero-order valence-electron chi connectivity index (χ0n) is 13.2. The summed E-state index contributed by atoms with van der Waals surface area (Å²) in [5.74, 6) is 0.978. The highest BCUT2D eigenvalue weighted by molar-refractivity contribution is 9.10. The van der Waals surface area contributed by atoms with Gasteiger partial charge in [-0.05, 0) is 52.7 Å². The molecule has 3 nitrogen and oxygen atoms in total. The first-order valence-electron chi connectivity index (χ1n) is 7.76. The molecule has 0 saturated carbocycles. The van der Waals surface area contributed by atoms with Gasteiger partial charge in [0.1, 0.15) is 0 Å². The first kappa shape index (κ1) is 17.5. The number of rotatable bonds is 6. The van der Waals surface area contributed by atoms with Crippen LogP contribution in [0.3, 0.4) is 0 Å². The van der Waals surface area contributed by atoms with Crippen LogP contribution in [0.4, 0.5) is 5.69 Å². The lowest BCUT2D eigenvalue weighted by Crippen LogP contribution is -2.12. The van der Waals surface area contributed by atoms with Gasteiger partial charge in [0.2, 0.25) is 0 Å². The Hall–Kier alpha value is -1.37. The number of carbonyl (C=O) groups is 1. The monoisotopic (exact) mass is 420 g/mol. The number of anilines is 1. The molecule has 0 aliphatic rings. The second kappa shape index (κ2) is 8.14. The Bertz CT molecular complexity index is 863. The highest BCUT2D eigenvalue weighted by Gasteiger charge is 2.11. The van der Waals surface area contributed by atoms with Crippen molar-refractivity contribution in [3.05, 3.63) is 52.5 Å². The lowest BCUT2D eigenvalue weighted by Gasteiger charge is -2.06. The summed E-state index contributed by atoms with van der Waals surface area (Å²) >= 11 is 6.89. The molecule has 0 unspecified atom stereocenters. The van der Waals surface area contributed by atoms with Crippen LogP contribution < -0.4 is 5.32 Å². The van der Waals surface area contributed by atoms with E-state index < -0.39 is 0 Å². The molecule has 0 radical (unpaired) electrons. The van der Waals surface area contributed by atoms with Crippen LogP contribution in [0.15, 0.2) is 51.3 Å². The van der Waals surface area contributed by atoms with Gasteiger partial charge in [0.15, 0.2) is 4.34 Å². The van der Waals surface area contributed by atoms with Crippen molar-refractivity contribution >= 4 is 60.8 Å². The Morgan fingerprint density at radius 2 is 2.12 bits per heavy atom.